The molecule has 0 bridgehead atoms. The van der Waals surface area contributed by atoms with Crippen molar-refractivity contribution < 1.29 is 34.1 Å². The lowest BCUT2D eigenvalue weighted by Crippen LogP contribution is -2.68. The van der Waals surface area contributed by atoms with E-state index < -0.39 is 40.2 Å². The first-order valence-electron chi connectivity index (χ1n) is 14.8. The number of Topliss-reactive ketones (excluding diaryl/α,β-unsaturated/α-hetero) is 2. The van der Waals surface area contributed by atoms with Gasteiger partial charge in [-0.25, -0.2) is 0 Å². The third-order valence-corrected chi connectivity index (χ3v) is 12.3. The van der Waals surface area contributed by atoms with Gasteiger partial charge in [0.25, 0.3) is 0 Å². The molecule has 1 aliphatic heterocycles. The SMILES string of the molecule is CC(=O)O[C@@H](C[C@@H](C)C1=C2[C@H](O)[C@H](O)C3[C@@]4(C)CCC(=O)C(C)(C)C4CC[C@]3(C)[C@@]2(C)CC1=O)[C@H]1OC1(C)C. The zero-order chi connectivity index (χ0) is 29.1. The van der Waals surface area contributed by atoms with Gasteiger partial charge in [-0.3, -0.25) is 14.4 Å². The van der Waals surface area contributed by atoms with E-state index in [-0.39, 0.29) is 46.8 Å². The molecular formula is C32H48O7. The van der Waals surface area contributed by atoms with Crippen molar-refractivity contribution in [3.05, 3.63) is 11.1 Å². The highest BCUT2D eigenvalue weighted by molar-refractivity contribution is 6.01. The fraction of sp³-hybridized carbons (Fsp3) is 0.844. The number of esters is 1. The molecule has 5 aliphatic rings. The zero-order valence-electron chi connectivity index (χ0n) is 25.2. The van der Waals surface area contributed by atoms with Gasteiger partial charge in [-0.1, -0.05) is 41.5 Å². The smallest absolute Gasteiger partial charge is 0.302 e. The first-order chi connectivity index (χ1) is 17.8. The number of fused-ring (bicyclic) bond motifs is 5. The van der Waals surface area contributed by atoms with Gasteiger partial charge in [0.1, 0.15) is 24.1 Å². The van der Waals surface area contributed by atoms with Crippen molar-refractivity contribution in [2.45, 2.75) is 131 Å². The Morgan fingerprint density at radius 1 is 1.08 bits per heavy atom. The number of epoxide rings is 1. The molecule has 5 rings (SSSR count). The number of hydrogen-bond acceptors (Lipinski definition) is 7. The van der Waals surface area contributed by atoms with E-state index in [9.17, 15) is 24.6 Å². The van der Waals surface area contributed by atoms with E-state index in [1.165, 1.54) is 6.92 Å². The van der Waals surface area contributed by atoms with E-state index in [0.29, 0.717) is 36.8 Å². The Morgan fingerprint density at radius 2 is 1.69 bits per heavy atom. The van der Waals surface area contributed by atoms with Gasteiger partial charge in [0.15, 0.2) is 5.78 Å². The Bertz CT molecular complexity index is 1140. The first-order valence-corrected chi connectivity index (χ1v) is 14.8. The van der Waals surface area contributed by atoms with E-state index in [2.05, 4.69) is 20.8 Å². The summed E-state index contributed by atoms with van der Waals surface area (Å²) in [6.07, 6.45) is 0.596. The number of hydrogen-bond donors (Lipinski definition) is 2. The van der Waals surface area contributed by atoms with Crippen LogP contribution in [-0.4, -0.2) is 57.8 Å². The van der Waals surface area contributed by atoms with E-state index in [1.54, 1.807) is 0 Å². The molecular weight excluding hydrogens is 496 g/mol. The zero-order valence-corrected chi connectivity index (χ0v) is 25.2. The van der Waals surface area contributed by atoms with Crippen molar-refractivity contribution in [3.63, 3.8) is 0 Å². The average Bonchev–Trinajstić information content (AvgIpc) is 3.34. The van der Waals surface area contributed by atoms with Crippen LogP contribution in [0.25, 0.3) is 0 Å². The van der Waals surface area contributed by atoms with E-state index in [1.807, 2.05) is 34.6 Å². The normalized spacial score (nSPS) is 45.7. The molecule has 0 radical (unpaired) electrons. The first kappa shape index (κ1) is 28.9. The average molecular weight is 545 g/mol. The summed E-state index contributed by atoms with van der Waals surface area (Å²) in [4.78, 5) is 38.7. The molecule has 10 atom stereocenters. The van der Waals surface area contributed by atoms with Crippen LogP contribution in [-0.2, 0) is 23.9 Å². The summed E-state index contributed by atoms with van der Waals surface area (Å²) >= 11 is 0. The van der Waals surface area contributed by atoms with Crippen LogP contribution in [0.4, 0.5) is 0 Å². The van der Waals surface area contributed by atoms with Gasteiger partial charge in [-0.05, 0) is 73.7 Å². The van der Waals surface area contributed by atoms with Crippen molar-refractivity contribution in [2.75, 3.05) is 0 Å². The maximum atomic E-state index is 13.8. The minimum atomic E-state index is -1.16. The second kappa shape index (κ2) is 8.72. The molecule has 0 aromatic rings. The van der Waals surface area contributed by atoms with Gasteiger partial charge in [0.05, 0.1) is 11.7 Å². The highest BCUT2D eigenvalue weighted by Crippen LogP contribution is 2.73. The van der Waals surface area contributed by atoms with Gasteiger partial charge in [0, 0.05) is 36.2 Å². The van der Waals surface area contributed by atoms with E-state index in [0.717, 1.165) is 12.8 Å². The fourth-order valence-electron chi connectivity index (χ4n) is 10.3. The summed E-state index contributed by atoms with van der Waals surface area (Å²) in [7, 11) is 0. The molecule has 4 fully saturated rings. The Kier molecular flexibility index (Phi) is 6.47. The fourth-order valence-corrected chi connectivity index (χ4v) is 10.3. The molecule has 2 N–H and O–H groups in total. The highest BCUT2D eigenvalue weighted by Gasteiger charge is 2.72. The topological polar surface area (TPSA) is 113 Å². The molecule has 1 heterocycles. The summed E-state index contributed by atoms with van der Waals surface area (Å²) in [5, 5.41) is 23.8. The maximum Gasteiger partial charge on any atom is 0.302 e. The summed E-state index contributed by atoms with van der Waals surface area (Å²) in [5.41, 5.74) is -0.962. The quantitative estimate of drug-likeness (QED) is 0.385. The van der Waals surface area contributed by atoms with Crippen LogP contribution < -0.4 is 0 Å². The molecule has 7 heteroatoms. The van der Waals surface area contributed by atoms with Crippen LogP contribution in [0, 0.1) is 39.4 Å². The minimum Gasteiger partial charge on any atom is -0.460 e. The summed E-state index contributed by atoms with van der Waals surface area (Å²) in [6.45, 7) is 17.9. The molecule has 3 saturated carbocycles. The molecule has 0 aromatic carbocycles. The Morgan fingerprint density at radius 3 is 2.26 bits per heavy atom. The lowest BCUT2D eigenvalue weighted by Gasteiger charge is -2.69. The summed E-state index contributed by atoms with van der Waals surface area (Å²) < 4.78 is 11.5. The predicted octanol–water partition coefficient (Wildman–Crippen LogP) is 4.56. The molecule has 0 spiro atoms. The predicted molar refractivity (Wildman–Crippen MR) is 146 cm³/mol. The summed E-state index contributed by atoms with van der Waals surface area (Å²) in [5.74, 6) is -0.500. The van der Waals surface area contributed by atoms with Crippen LogP contribution in [0.3, 0.4) is 0 Å². The number of rotatable bonds is 5. The number of carbonyl (C=O) groups excluding carboxylic acids is 3. The highest BCUT2D eigenvalue weighted by atomic mass is 16.6. The lowest BCUT2D eigenvalue weighted by molar-refractivity contribution is -0.227. The van der Waals surface area contributed by atoms with Crippen molar-refractivity contribution in [3.8, 4) is 0 Å². The minimum absolute atomic E-state index is 0.0112. The number of allylic oxidation sites excluding steroid dienone is 1. The molecule has 1 saturated heterocycles. The number of aliphatic hydroxyl groups is 2. The second-order valence-corrected chi connectivity index (χ2v) is 15.3. The second-order valence-electron chi connectivity index (χ2n) is 15.3. The van der Waals surface area contributed by atoms with Crippen LogP contribution in [0.2, 0.25) is 0 Å². The monoisotopic (exact) mass is 544 g/mol. The molecule has 4 aliphatic carbocycles. The van der Waals surface area contributed by atoms with Gasteiger partial charge in [-0.2, -0.15) is 0 Å². The van der Waals surface area contributed by atoms with Crippen molar-refractivity contribution in [1.82, 2.24) is 0 Å². The van der Waals surface area contributed by atoms with Crippen molar-refractivity contribution in [2.24, 2.45) is 39.4 Å². The molecule has 39 heavy (non-hydrogen) atoms. The molecule has 2 unspecified atom stereocenters. The number of aliphatic hydroxyl groups excluding tert-OH is 2. The maximum absolute atomic E-state index is 13.8. The third-order valence-electron chi connectivity index (χ3n) is 12.3. The van der Waals surface area contributed by atoms with Crippen LogP contribution >= 0.6 is 0 Å². The molecule has 7 nitrogen and oxygen atoms in total. The molecule has 218 valence electrons. The van der Waals surface area contributed by atoms with E-state index in [4.69, 9.17) is 9.47 Å². The largest absolute Gasteiger partial charge is 0.460 e. The Balaban J connectivity index is 1.54. The van der Waals surface area contributed by atoms with Crippen molar-refractivity contribution in [1.29, 1.82) is 0 Å². The van der Waals surface area contributed by atoms with Gasteiger partial charge in [0.2, 0.25) is 0 Å². The van der Waals surface area contributed by atoms with E-state index >= 15 is 0 Å². The van der Waals surface area contributed by atoms with Crippen LogP contribution in [0.15, 0.2) is 11.1 Å². The van der Waals surface area contributed by atoms with Crippen molar-refractivity contribution >= 4 is 17.5 Å². The van der Waals surface area contributed by atoms with Gasteiger partial charge in [-0.15, -0.1) is 0 Å². The lowest BCUT2D eigenvalue weighted by atomic mass is 9.35. The van der Waals surface area contributed by atoms with Crippen LogP contribution in [0.5, 0.6) is 0 Å². The Labute approximate surface area is 233 Å². The Hall–Kier alpha value is -1.57. The number of ketones is 2. The van der Waals surface area contributed by atoms with Gasteiger partial charge < -0.3 is 19.7 Å². The standard InChI is InChI=1S/C32H48O7/c1-16(14-19(38-17(2)33)27-29(5,6)39-27)22-18(34)15-32(9)23(22)24(36)25(37)26-30(7)12-11-21(35)28(3,4)20(30)10-13-31(26,32)8/h16,19-20,24-27,36-37H,10-15H2,1-9H3/t16-,19+,20?,24+,25+,26?,27-,30+,31+,32+/m1/s1. The third kappa shape index (κ3) is 3.89. The van der Waals surface area contributed by atoms with Gasteiger partial charge >= 0.3 is 5.97 Å². The number of carbonyl (C=O) groups is 3. The van der Waals surface area contributed by atoms with Crippen LogP contribution in [0.1, 0.15) is 101 Å². The molecule has 0 amide bonds. The number of ether oxygens (including phenoxy) is 2. The molecule has 0 aromatic heterocycles. The summed E-state index contributed by atoms with van der Waals surface area (Å²) in [6, 6.07) is 0.